The van der Waals surface area contributed by atoms with E-state index in [0.29, 0.717) is 23.2 Å². The van der Waals surface area contributed by atoms with Crippen molar-refractivity contribution in [2.75, 3.05) is 51.1 Å². The van der Waals surface area contributed by atoms with Crippen molar-refractivity contribution >= 4 is 44.4 Å². The van der Waals surface area contributed by atoms with Crippen molar-refractivity contribution < 1.29 is 14.3 Å². The first-order chi connectivity index (χ1) is 15.1. The van der Waals surface area contributed by atoms with Gasteiger partial charge in [-0.05, 0) is 37.4 Å². The molecular formula is C23H29N3O3S2. The van der Waals surface area contributed by atoms with Gasteiger partial charge in [-0.15, -0.1) is 11.8 Å². The molecule has 0 saturated carbocycles. The Bertz CT molecular complexity index is 949. The Balaban J connectivity index is 1.90. The standard InChI is InChI=1S/C23H29N3O3S2/c1-5-25(6-2)14-15-26(20(27)16-30-17-10-8-7-9-11-17)23-24-21-18(28-3)12-13-19(29-4)22(21)31-23/h7-13H,5-6,14-16H2,1-4H3. The normalized spacial score (nSPS) is 11.1. The number of nitrogens with zero attached hydrogens (tertiary/aromatic N) is 3. The fourth-order valence-corrected chi connectivity index (χ4v) is 5.15. The highest BCUT2D eigenvalue weighted by Crippen LogP contribution is 2.40. The molecule has 6 nitrogen and oxygen atoms in total. The van der Waals surface area contributed by atoms with E-state index in [0.717, 1.165) is 40.5 Å². The lowest BCUT2D eigenvalue weighted by atomic mass is 10.3. The monoisotopic (exact) mass is 459 g/mol. The second-order valence-electron chi connectivity index (χ2n) is 6.82. The van der Waals surface area contributed by atoms with Crippen molar-refractivity contribution in [3.63, 3.8) is 0 Å². The van der Waals surface area contributed by atoms with Gasteiger partial charge in [0.2, 0.25) is 5.91 Å². The predicted octanol–water partition coefficient (Wildman–Crippen LogP) is 4.78. The van der Waals surface area contributed by atoms with E-state index in [1.807, 2.05) is 42.5 Å². The van der Waals surface area contributed by atoms with Gasteiger partial charge in [0.15, 0.2) is 5.13 Å². The number of aromatic nitrogens is 1. The van der Waals surface area contributed by atoms with Crippen LogP contribution in [0.15, 0.2) is 47.4 Å². The molecule has 0 unspecified atom stereocenters. The van der Waals surface area contributed by atoms with Crippen molar-refractivity contribution in [3.05, 3.63) is 42.5 Å². The molecule has 2 aromatic carbocycles. The minimum Gasteiger partial charge on any atom is -0.495 e. The van der Waals surface area contributed by atoms with E-state index >= 15 is 0 Å². The van der Waals surface area contributed by atoms with Crippen molar-refractivity contribution in [3.8, 4) is 11.5 Å². The van der Waals surface area contributed by atoms with E-state index < -0.39 is 0 Å². The van der Waals surface area contributed by atoms with E-state index in [-0.39, 0.29) is 5.91 Å². The van der Waals surface area contributed by atoms with Gasteiger partial charge < -0.3 is 14.4 Å². The lowest BCUT2D eigenvalue weighted by Gasteiger charge is -2.24. The Hall–Kier alpha value is -2.29. The molecule has 1 heterocycles. The number of amides is 1. The van der Waals surface area contributed by atoms with E-state index in [2.05, 4.69) is 18.7 Å². The third-order valence-electron chi connectivity index (χ3n) is 5.07. The highest BCUT2D eigenvalue weighted by atomic mass is 32.2. The summed E-state index contributed by atoms with van der Waals surface area (Å²) < 4.78 is 11.9. The summed E-state index contributed by atoms with van der Waals surface area (Å²) in [5, 5.41) is 0.670. The molecule has 0 saturated heterocycles. The van der Waals surface area contributed by atoms with Crippen molar-refractivity contribution in [2.45, 2.75) is 18.7 Å². The summed E-state index contributed by atoms with van der Waals surface area (Å²) in [7, 11) is 3.26. The average Bonchev–Trinajstić information content (AvgIpc) is 3.25. The van der Waals surface area contributed by atoms with Crippen LogP contribution in [-0.4, -0.2) is 61.9 Å². The highest BCUT2D eigenvalue weighted by Gasteiger charge is 2.23. The number of carbonyl (C=O) groups is 1. The number of ether oxygens (including phenoxy) is 2. The summed E-state index contributed by atoms with van der Waals surface area (Å²) in [6.45, 7) is 7.53. The van der Waals surface area contributed by atoms with Crippen LogP contribution in [-0.2, 0) is 4.79 Å². The molecule has 0 aliphatic rings. The third kappa shape index (κ3) is 5.70. The zero-order valence-corrected chi connectivity index (χ0v) is 20.1. The molecule has 3 aromatic rings. The van der Waals surface area contributed by atoms with E-state index in [9.17, 15) is 4.79 Å². The van der Waals surface area contributed by atoms with Gasteiger partial charge >= 0.3 is 0 Å². The number of rotatable bonds is 11. The minimum atomic E-state index is 0.0398. The van der Waals surface area contributed by atoms with Crippen LogP contribution in [0.2, 0.25) is 0 Å². The zero-order valence-electron chi connectivity index (χ0n) is 18.5. The van der Waals surface area contributed by atoms with Crippen LogP contribution < -0.4 is 14.4 Å². The van der Waals surface area contributed by atoms with E-state index in [4.69, 9.17) is 14.5 Å². The average molecular weight is 460 g/mol. The van der Waals surface area contributed by atoms with Gasteiger partial charge in [0, 0.05) is 18.0 Å². The van der Waals surface area contributed by atoms with Crippen LogP contribution in [0.25, 0.3) is 10.2 Å². The maximum Gasteiger partial charge on any atom is 0.239 e. The Morgan fingerprint density at radius 3 is 2.32 bits per heavy atom. The molecule has 0 atom stereocenters. The molecule has 1 aromatic heterocycles. The van der Waals surface area contributed by atoms with Crippen LogP contribution in [0.1, 0.15) is 13.8 Å². The molecule has 0 aliphatic carbocycles. The molecule has 1 amide bonds. The molecule has 0 radical (unpaired) electrons. The SMILES string of the molecule is CCN(CC)CCN(C(=O)CSc1ccccc1)c1nc2c(OC)ccc(OC)c2s1. The molecular weight excluding hydrogens is 430 g/mol. The fourth-order valence-electron chi connectivity index (χ4n) is 3.24. The molecule has 0 aliphatic heterocycles. The number of carbonyl (C=O) groups excluding carboxylic acids is 1. The van der Waals surface area contributed by atoms with Gasteiger partial charge in [-0.2, -0.15) is 0 Å². The lowest BCUT2D eigenvalue weighted by molar-refractivity contribution is -0.116. The molecule has 0 bridgehead atoms. The smallest absolute Gasteiger partial charge is 0.239 e. The van der Waals surface area contributed by atoms with Gasteiger partial charge in [0.05, 0.1) is 20.0 Å². The number of hydrogen-bond acceptors (Lipinski definition) is 7. The van der Waals surface area contributed by atoms with Gasteiger partial charge in [0.25, 0.3) is 0 Å². The van der Waals surface area contributed by atoms with Gasteiger partial charge in [-0.25, -0.2) is 4.98 Å². The zero-order chi connectivity index (χ0) is 22.2. The molecule has 0 fully saturated rings. The lowest BCUT2D eigenvalue weighted by Crippen LogP contribution is -2.39. The number of thioether (sulfide) groups is 1. The van der Waals surface area contributed by atoms with Crippen LogP contribution in [0.3, 0.4) is 0 Å². The highest BCUT2D eigenvalue weighted by molar-refractivity contribution is 8.00. The molecule has 8 heteroatoms. The number of anilines is 1. The molecule has 0 spiro atoms. The number of likely N-dealkylation sites (N-methyl/N-ethyl adjacent to an activating group) is 1. The number of fused-ring (bicyclic) bond motifs is 1. The second kappa shape index (κ2) is 11.4. The Morgan fingerprint density at radius 1 is 1.00 bits per heavy atom. The number of benzene rings is 2. The third-order valence-corrected chi connectivity index (χ3v) is 7.16. The predicted molar refractivity (Wildman–Crippen MR) is 130 cm³/mol. The van der Waals surface area contributed by atoms with Gasteiger partial charge in [0.1, 0.15) is 21.7 Å². The maximum atomic E-state index is 13.3. The fraction of sp³-hybridized carbons (Fsp3) is 0.391. The van der Waals surface area contributed by atoms with Gasteiger partial charge in [-0.3, -0.25) is 9.69 Å². The quantitative estimate of drug-likeness (QED) is 0.385. The summed E-state index contributed by atoms with van der Waals surface area (Å²) in [6, 6.07) is 13.7. The van der Waals surface area contributed by atoms with Crippen LogP contribution in [0, 0.1) is 0 Å². The summed E-state index contributed by atoms with van der Waals surface area (Å²) in [6.07, 6.45) is 0. The van der Waals surface area contributed by atoms with E-state index in [1.54, 1.807) is 30.9 Å². The van der Waals surface area contributed by atoms with Crippen molar-refractivity contribution in [1.29, 1.82) is 0 Å². The minimum absolute atomic E-state index is 0.0398. The van der Waals surface area contributed by atoms with Crippen LogP contribution in [0.4, 0.5) is 5.13 Å². The largest absolute Gasteiger partial charge is 0.495 e. The number of methoxy groups -OCH3 is 2. The first-order valence-corrected chi connectivity index (χ1v) is 12.1. The maximum absolute atomic E-state index is 13.3. The van der Waals surface area contributed by atoms with E-state index in [1.165, 1.54) is 11.3 Å². The molecule has 3 rings (SSSR count). The second-order valence-corrected chi connectivity index (χ2v) is 8.84. The first-order valence-electron chi connectivity index (χ1n) is 10.3. The Kier molecular flexibility index (Phi) is 8.57. The Morgan fingerprint density at radius 2 is 1.68 bits per heavy atom. The molecule has 166 valence electrons. The summed E-state index contributed by atoms with van der Waals surface area (Å²) in [5.41, 5.74) is 0.721. The summed E-state index contributed by atoms with van der Waals surface area (Å²) in [5.74, 6) is 1.80. The van der Waals surface area contributed by atoms with Crippen LogP contribution in [0.5, 0.6) is 11.5 Å². The van der Waals surface area contributed by atoms with Gasteiger partial charge in [-0.1, -0.05) is 43.4 Å². The topological polar surface area (TPSA) is 54.9 Å². The number of hydrogen-bond donors (Lipinski definition) is 0. The number of thiazole rings is 1. The first kappa shape index (κ1) is 23.4. The Labute approximate surface area is 192 Å². The van der Waals surface area contributed by atoms with Crippen LogP contribution >= 0.6 is 23.1 Å². The summed E-state index contributed by atoms with van der Waals surface area (Å²) in [4.78, 5) is 23.3. The van der Waals surface area contributed by atoms with Crippen molar-refractivity contribution in [1.82, 2.24) is 9.88 Å². The molecule has 31 heavy (non-hydrogen) atoms. The van der Waals surface area contributed by atoms with Crippen molar-refractivity contribution in [2.24, 2.45) is 0 Å². The molecule has 0 N–H and O–H groups in total. The summed E-state index contributed by atoms with van der Waals surface area (Å²) >= 11 is 3.01.